The van der Waals surface area contributed by atoms with E-state index < -0.39 is 0 Å². The van der Waals surface area contributed by atoms with Crippen LogP contribution in [0.2, 0.25) is 0 Å². The first-order chi connectivity index (χ1) is 12.2. The Balaban J connectivity index is 1.86. The van der Waals surface area contributed by atoms with E-state index in [1.165, 1.54) is 0 Å². The van der Waals surface area contributed by atoms with Gasteiger partial charge in [-0.25, -0.2) is 0 Å². The third-order valence-corrected chi connectivity index (χ3v) is 4.84. The molecular formula is C23H15BrO. The summed E-state index contributed by atoms with van der Waals surface area (Å²) in [6.07, 6.45) is 3.53. The number of halogens is 1. The van der Waals surface area contributed by atoms with Crippen LogP contribution in [-0.4, -0.2) is 5.78 Å². The first-order valence-electron chi connectivity index (χ1n) is 8.11. The molecule has 0 aliphatic heterocycles. The van der Waals surface area contributed by atoms with Crippen molar-refractivity contribution in [3.05, 3.63) is 101 Å². The fourth-order valence-corrected chi connectivity index (χ4v) is 3.37. The number of allylic oxidation sites excluding steroid dienone is 1. The largest absolute Gasteiger partial charge is 0.289 e. The fourth-order valence-electron chi connectivity index (χ4n) is 3.11. The van der Waals surface area contributed by atoms with Gasteiger partial charge in [0.1, 0.15) is 0 Å². The van der Waals surface area contributed by atoms with Gasteiger partial charge in [0, 0.05) is 10.0 Å². The molecule has 0 aliphatic carbocycles. The lowest BCUT2D eigenvalue weighted by molar-refractivity contribution is 0.105. The minimum atomic E-state index is 0.0240. The second kappa shape index (κ2) is 6.66. The van der Waals surface area contributed by atoms with Gasteiger partial charge in [0.05, 0.1) is 0 Å². The van der Waals surface area contributed by atoms with Crippen molar-refractivity contribution in [1.82, 2.24) is 0 Å². The summed E-state index contributed by atoms with van der Waals surface area (Å²) in [6, 6.07) is 26.1. The van der Waals surface area contributed by atoms with Crippen molar-refractivity contribution >= 4 is 49.3 Å². The predicted molar refractivity (Wildman–Crippen MR) is 109 cm³/mol. The van der Waals surface area contributed by atoms with Crippen molar-refractivity contribution in [3.63, 3.8) is 0 Å². The van der Waals surface area contributed by atoms with E-state index >= 15 is 0 Å². The molecule has 0 aromatic heterocycles. The van der Waals surface area contributed by atoms with E-state index in [2.05, 4.69) is 34.1 Å². The SMILES string of the molecule is O=C(C=Cc1ccc(Br)cc1)c1c2ccccc2cc2ccccc12. The van der Waals surface area contributed by atoms with Crippen LogP contribution in [0.4, 0.5) is 0 Å². The van der Waals surface area contributed by atoms with Crippen molar-refractivity contribution in [2.75, 3.05) is 0 Å². The maximum atomic E-state index is 13.0. The van der Waals surface area contributed by atoms with Crippen LogP contribution < -0.4 is 0 Å². The van der Waals surface area contributed by atoms with Crippen LogP contribution >= 0.6 is 15.9 Å². The summed E-state index contributed by atoms with van der Waals surface area (Å²) in [5.41, 5.74) is 1.77. The highest BCUT2D eigenvalue weighted by Gasteiger charge is 2.12. The molecule has 0 bridgehead atoms. The Morgan fingerprint density at radius 1 is 0.760 bits per heavy atom. The van der Waals surface area contributed by atoms with Gasteiger partial charge in [0.2, 0.25) is 0 Å². The highest BCUT2D eigenvalue weighted by Crippen LogP contribution is 2.29. The zero-order chi connectivity index (χ0) is 17.2. The van der Waals surface area contributed by atoms with Crippen LogP contribution in [0.25, 0.3) is 27.6 Å². The Labute approximate surface area is 154 Å². The molecule has 0 aliphatic rings. The summed E-state index contributed by atoms with van der Waals surface area (Å²) >= 11 is 3.43. The molecule has 120 valence electrons. The summed E-state index contributed by atoms with van der Waals surface area (Å²) in [6.45, 7) is 0. The van der Waals surface area contributed by atoms with Crippen LogP contribution in [0.3, 0.4) is 0 Å². The molecule has 4 rings (SSSR count). The van der Waals surface area contributed by atoms with Gasteiger partial charge in [-0.3, -0.25) is 4.79 Å². The van der Waals surface area contributed by atoms with E-state index in [1.54, 1.807) is 6.08 Å². The van der Waals surface area contributed by atoms with E-state index in [1.807, 2.05) is 66.7 Å². The van der Waals surface area contributed by atoms with Crippen molar-refractivity contribution in [1.29, 1.82) is 0 Å². The summed E-state index contributed by atoms with van der Waals surface area (Å²) in [5, 5.41) is 4.15. The Bertz CT molecular complexity index is 1050. The normalized spacial score (nSPS) is 11.4. The first kappa shape index (κ1) is 15.8. The molecule has 1 nitrogen and oxygen atoms in total. The Morgan fingerprint density at radius 2 is 1.32 bits per heavy atom. The molecule has 4 aromatic rings. The third-order valence-electron chi connectivity index (χ3n) is 4.31. The maximum absolute atomic E-state index is 13.0. The zero-order valence-electron chi connectivity index (χ0n) is 13.4. The molecule has 2 heteroatoms. The molecule has 0 heterocycles. The highest BCUT2D eigenvalue weighted by atomic mass is 79.9. The topological polar surface area (TPSA) is 17.1 Å². The molecule has 4 aromatic carbocycles. The lowest BCUT2D eigenvalue weighted by Gasteiger charge is -2.09. The lowest BCUT2D eigenvalue weighted by atomic mass is 9.94. The van der Waals surface area contributed by atoms with Crippen LogP contribution in [0.15, 0.2) is 89.4 Å². The lowest BCUT2D eigenvalue weighted by Crippen LogP contribution is -1.98. The second-order valence-electron chi connectivity index (χ2n) is 5.94. The maximum Gasteiger partial charge on any atom is 0.187 e. The average Bonchev–Trinajstić information content (AvgIpc) is 2.65. The quantitative estimate of drug-likeness (QED) is 0.218. The summed E-state index contributed by atoms with van der Waals surface area (Å²) in [5.74, 6) is 0.0240. The number of ketones is 1. The van der Waals surface area contributed by atoms with Gasteiger partial charge in [0.15, 0.2) is 5.78 Å². The van der Waals surface area contributed by atoms with Gasteiger partial charge in [-0.15, -0.1) is 0 Å². The molecule has 0 atom stereocenters. The van der Waals surface area contributed by atoms with E-state index in [9.17, 15) is 4.79 Å². The van der Waals surface area contributed by atoms with Gasteiger partial charge < -0.3 is 0 Å². The van der Waals surface area contributed by atoms with E-state index in [-0.39, 0.29) is 5.78 Å². The molecule has 0 N–H and O–H groups in total. The molecule has 0 radical (unpaired) electrons. The number of carbonyl (C=O) groups is 1. The van der Waals surface area contributed by atoms with E-state index in [0.29, 0.717) is 0 Å². The van der Waals surface area contributed by atoms with Crippen molar-refractivity contribution in [3.8, 4) is 0 Å². The van der Waals surface area contributed by atoms with Gasteiger partial charge >= 0.3 is 0 Å². The van der Waals surface area contributed by atoms with Crippen molar-refractivity contribution in [2.24, 2.45) is 0 Å². The smallest absolute Gasteiger partial charge is 0.187 e. The molecule has 0 spiro atoms. The Kier molecular flexibility index (Phi) is 4.21. The first-order valence-corrected chi connectivity index (χ1v) is 8.90. The van der Waals surface area contributed by atoms with Crippen molar-refractivity contribution in [2.45, 2.75) is 0 Å². The van der Waals surface area contributed by atoms with Crippen LogP contribution in [-0.2, 0) is 0 Å². The van der Waals surface area contributed by atoms with Crippen LogP contribution in [0.5, 0.6) is 0 Å². The molecule has 0 saturated heterocycles. The Morgan fingerprint density at radius 3 is 1.92 bits per heavy atom. The van der Waals surface area contributed by atoms with Crippen LogP contribution in [0, 0.1) is 0 Å². The summed E-state index contributed by atoms with van der Waals surface area (Å²) in [4.78, 5) is 13.0. The molecule has 25 heavy (non-hydrogen) atoms. The second-order valence-corrected chi connectivity index (χ2v) is 6.86. The standard InChI is InChI=1S/C23H15BrO/c24-19-12-9-16(10-13-19)11-14-22(25)23-20-7-3-1-5-17(20)15-18-6-2-4-8-21(18)23/h1-15H. The number of carbonyl (C=O) groups excluding carboxylic acids is 1. The molecule has 0 unspecified atom stereocenters. The monoisotopic (exact) mass is 386 g/mol. The molecular weight excluding hydrogens is 372 g/mol. The number of fused-ring (bicyclic) bond motifs is 2. The summed E-state index contributed by atoms with van der Waals surface area (Å²) < 4.78 is 1.02. The average molecular weight is 387 g/mol. The number of benzene rings is 4. The van der Waals surface area contributed by atoms with Gasteiger partial charge in [0.25, 0.3) is 0 Å². The molecule has 0 saturated carbocycles. The Hall–Kier alpha value is -2.71. The number of hydrogen-bond donors (Lipinski definition) is 0. The van der Waals surface area contributed by atoms with Gasteiger partial charge in [-0.05, 0) is 51.4 Å². The molecule has 0 amide bonds. The minimum Gasteiger partial charge on any atom is -0.289 e. The van der Waals surface area contributed by atoms with Crippen LogP contribution in [0.1, 0.15) is 15.9 Å². The fraction of sp³-hybridized carbons (Fsp3) is 0. The van der Waals surface area contributed by atoms with Gasteiger partial charge in [-0.2, -0.15) is 0 Å². The minimum absolute atomic E-state index is 0.0240. The van der Waals surface area contributed by atoms with Crippen molar-refractivity contribution < 1.29 is 4.79 Å². The zero-order valence-corrected chi connectivity index (χ0v) is 15.0. The van der Waals surface area contributed by atoms with E-state index in [4.69, 9.17) is 0 Å². The van der Waals surface area contributed by atoms with Gasteiger partial charge in [-0.1, -0.05) is 82.7 Å². The summed E-state index contributed by atoms with van der Waals surface area (Å²) in [7, 11) is 0. The number of rotatable bonds is 3. The molecule has 0 fully saturated rings. The predicted octanol–water partition coefficient (Wildman–Crippen LogP) is 6.65. The number of hydrogen-bond acceptors (Lipinski definition) is 1. The van der Waals surface area contributed by atoms with E-state index in [0.717, 1.165) is 37.1 Å². The highest BCUT2D eigenvalue weighted by molar-refractivity contribution is 9.10. The third kappa shape index (κ3) is 3.13.